The van der Waals surface area contributed by atoms with Crippen LogP contribution in [0.15, 0.2) is 85.5 Å². The number of hydrogen-bond acceptors (Lipinski definition) is 1. The monoisotopic (exact) mass is 462 g/mol. The molecule has 0 atom stereocenters. The van der Waals surface area contributed by atoms with Crippen LogP contribution in [0.2, 0.25) is 0 Å². The predicted octanol–water partition coefficient (Wildman–Crippen LogP) is 8.86. The van der Waals surface area contributed by atoms with Crippen LogP contribution in [0, 0.1) is 23.7 Å². The van der Waals surface area contributed by atoms with Crippen LogP contribution in [0.1, 0.15) is 68.6 Å². The van der Waals surface area contributed by atoms with Gasteiger partial charge in [-0.1, -0.05) is 80.0 Å². The molecule has 1 fully saturated rings. The van der Waals surface area contributed by atoms with Gasteiger partial charge in [0.25, 0.3) is 0 Å². The van der Waals surface area contributed by atoms with Crippen molar-refractivity contribution >= 4 is 0 Å². The van der Waals surface area contributed by atoms with Gasteiger partial charge in [0.05, 0.1) is 6.61 Å². The van der Waals surface area contributed by atoms with Gasteiger partial charge in [0, 0.05) is 11.1 Å². The molecule has 1 aliphatic carbocycles. The first-order valence-corrected chi connectivity index (χ1v) is 13.3. The van der Waals surface area contributed by atoms with Crippen LogP contribution in [0.5, 0.6) is 5.75 Å². The average Bonchev–Trinajstić information content (AvgIpc) is 2.92. The van der Waals surface area contributed by atoms with Crippen LogP contribution in [0.4, 0.5) is 0 Å². The van der Waals surface area contributed by atoms with Crippen molar-refractivity contribution < 1.29 is 4.74 Å². The van der Waals surface area contributed by atoms with E-state index >= 15 is 0 Å². The van der Waals surface area contributed by atoms with Gasteiger partial charge in [-0.3, -0.25) is 0 Å². The molecule has 0 aromatic heterocycles. The maximum absolute atomic E-state index is 5.49. The summed E-state index contributed by atoms with van der Waals surface area (Å²) in [5.41, 5.74) is 5.98. The molecule has 3 aromatic rings. The molecule has 1 nitrogen and oxygen atoms in total. The van der Waals surface area contributed by atoms with Gasteiger partial charge >= 0.3 is 0 Å². The van der Waals surface area contributed by atoms with Crippen LogP contribution in [0.3, 0.4) is 0 Å². The van der Waals surface area contributed by atoms with Crippen LogP contribution < -0.4 is 4.74 Å². The van der Waals surface area contributed by atoms with E-state index in [1.54, 1.807) is 0 Å². The molecule has 0 heterocycles. The third-order valence-corrected chi connectivity index (χ3v) is 7.28. The van der Waals surface area contributed by atoms with Gasteiger partial charge in [0.15, 0.2) is 0 Å². The number of ether oxygens (including phenoxy) is 1. The van der Waals surface area contributed by atoms with Gasteiger partial charge in [-0.05, 0) is 97.5 Å². The topological polar surface area (TPSA) is 9.23 Å². The molecule has 0 aliphatic heterocycles. The van der Waals surface area contributed by atoms with E-state index in [1.807, 2.05) is 31.2 Å². The summed E-state index contributed by atoms with van der Waals surface area (Å²) >= 11 is 0. The molecule has 1 saturated carbocycles. The fourth-order valence-corrected chi connectivity index (χ4v) is 5.09. The van der Waals surface area contributed by atoms with Crippen molar-refractivity contribution in [2.24, 2.45) is 11.8 Å². The van der Waals surface area contributed by atoms with Crippen molar-refractivity contribution in [3.63, 3.8) is 0 Å². The first-order chi connectivity index (χ1) is 17.2. The van der Waals surface area contributed by atoms with Gasteiger partial charge in [0.1, 0.15) is 5.75 Å². The maximum atomic E-state index is 5.49. The Morgan fingerprint density at radius 1 is 0.743 bits per heavy atom. The highest BCUT2D eigenvalue weighted by molar-refractivity contribution is 5.64. The Kier molecular flexibility index (Phi) is 9.24. The molecule has 0 amide bonds. The van der Waals surface area contributed by atoms with Crippen LogP contribution >= 0.6 is 0 Å². The molecule has 0 unspecified atom stereocenters. The summed E-state index contributed by atoms with van der Waals surface area (Å²) in [6, 6.07) is 25.6. The van der Waals surface area contributed by atoms with E-state index in [0.29, 0.717) is 6.61 Å². The highest BCUT2D eigenvalue weighted by Crippen LogP contribution is 2.34. The van der Waals surface area contributed by atoms with E-state index < -0.39 is 0 Å². The molecule has 1 heteroatoms. The Hall–Kier alpha value is -3.24. The van der Waals surface area contributed by atoms with Crippen molar-refractivity contribution in [1.29, 1.82) is 0 Å². The van der Waals surface area contributed by atoms with Gasteiger partial charge < -0.3 is 4.74 Å². The molecule has 35 heavy (non-hydrogen) atoms. The minimum absolute atomic E-state index is 0.678. The number of hydrogen-bond donors (Lipinski definition) is 0. The lowest BCUT2D eigenvalue weighted by Crippen LogP contribution is -2.15. The molecule has 3 aromatic carbocycles. The largest absolute Gasteiger partial charge is 0.494 e. The summed E-state index contributed by atoms with van der Waals surface area (Å²) < 4.78 is 5.49. The molecular weight excluding hydrogens is 424 g/mol. The normalized spacial score (nSPS) is 17.3. The Labute approximate surface area is 212 Å². The second kappa shape index (κ2) is 13.0. The Morgan fingerprint density at radius 2 is 1.26 bits per heavy atom. The number of rotatable bonds is 9. The molecule has 0 spiro atoms. The van der Waals surface area contributed by atoms with E-state index in [0.717, 1.165) is 28.7 Å². The minimum Gasteiger partial charge on any atom is -0.494 e. The molecule has 0 N–H and O–H groups in total. The van der Waals surface area contributed by atoms with E-state index in [4.69, 9.17) is 4.74 Å². The summed E-state index contributed by atoms with van der Waals surface area (Å²) in [6.07, 6.45) is 12.8. The third-order valence-electron chi connectivity index (χ3n) is 7.28. The SMILES string of the molecule is C=CCC[C@H]1CC[C@H](CCc2ccc(-c3ccc(C#Cc4ccc(OCC)cc4)cc3)cc2)CC1. The molecule has 0 radical (unpaired) electrons. The van der Waals surface area contributed by atoms with Crippen LogP contribution in [0.25, 0.3) is 11.1 Å². The third kappa shape index (κ3) is 7.63. The van der Waals surface area contributed by atoms with E-state index in [2.05, 4.69) is 73.0 Å². The van der Waals surface area contributed by atoms with E-state index in [1.165, 1.54) is 68.1 Å². The minimum atomic E-state index is 0.678. The summed E-state index contributed by atoms with van der Waals surface area (Å²) in [5, 5.41) is 0. The lowest BCUT2D eigenvalue weighted by molar-refractivity contribution is 0.254. The van der Waals surface area contributed by atoms with Crippen molar-refractivity contribution in [3.8, 4) is 28.7 Å². The molecular formula is C34H38O. The second-order valence-electron chi connectivity index (χ2n) is 9.77. The van der Waals surface area contributed by atoms with Crippen LogP contribution in [-0.2, 0) is 6.42 Å². The molecule has 0 saturated heterocycles. The average molecular weight is 463 g/mol. The smallest absolute Gasteiger partial charge is 0.119 e. The van der Waals surface area contributed by atoms with Crippen molar-refractivity contribution in [2.45, 2.75) is 58.3 Å². The first kappa shape index (κ1) is 24.9. The molecule has 180 valence electrons. The zero-order valence-corrected chi connectivity index (χ0v) is 21.1. The predicted molar refractivity (Wildman–Crippen MR) is 149 cm³/mol. The lowest BCUT2D eigenvalue weighted by Gasteiger charge is -2.28. The Balaban J connectivity index is 1.27. The van der Waals surface area contributed by atoms with E-state index in [-0.39, 0.29) is 0 Å². The zero-order chi connectivity index (χ0) is 24.3. The fourth-order valence-electron chi connectivity index (χ4n) is 5.09. The number of aryl methyl sites for hydroxylation is 1. The molecule has 0 bridgehead atoms. The zero-order valence-electron chi connectivity index (χ0n) is 21.1. The van der Waals surface area contributed by atoms with Crippen molar-refractivity contribution in [1.82, 2.24) is 0 Å². The summed E-state index contributed by atoms with van der Waals surface area (Å²) in [7, 11) is 0. The fraction of sp³-hybridized carbons (Fsp3) is 0.353. The summed E-state index contributed by atoms with van der Waals surface area (Å²) in [6.45, 7) is 6.54. The number of allylic oxidation sites excluding steroid dienone is 1. The Bertz CT molecular complexity index is 1100. The van der Waals surface area contributed by atoms with Crippen molar-refractivity contribution in [3.05, 3.63) is 102 Å². The van der Waals surface area contributed by atoms with Gasteiger partial charge in [-0.15, -0.1) is 6.58 Å². The molecule has 1 aliphatic rings. The van der Waals surface area contributed by atoms with Gasteiger partial charge in [-0.25, -0.2) is 0 Å². The second-order valence-corrected chi connectivity index (χ2v) is 9.77. The van der Waals surface area contributed by atoms with Crippen LogP contribution in [-0.4, -0.2) is 6.61 Å². The highest BCUT2D eigenvalue weighted by atomic mass is 16.5. The standard InChI is InChI=1S/C34H38O/c1-3-5-6-27-7-9-28(10-8-27)11-12-29-15-21-32(22-16-29)33-23-17-30(18-24-33)13-14-31-19-25-34(26-20-31)35-4-2/h3,15-28H,1,4-12H2,2H3/t27-,28-. The van der Waals surface area contributed by atoms with Gasteiger partial charge in [-0.2, -0.15) is 0 Å². The number of benzene rings is 3. The van der Waals surface area contributed by atoms with Gasteiger partial charge in [0.2, 0.25) is 0 Å². The van der Waals surface area contributed by atoms with Crippen molar-refractivity contribution in [2.75, 3.05) is 6.61 Å². The molecule has 4 rings (SSSR count). The quantitative estimate of drug-likeness (QED) is 0.228. The Morgan fingerprint density at radius 3 is 1.80 bits per heavy atom. The maximum Gasteiger partial charge on any atom is 0.119 e. The van der Waals surface area contributed by atoms with E-state index in [9.17, 15) is 0 Å². The summed E-state index contributed by atoms with van der Waals surface area (Å²) in [4.78, 5) is 0. The summed E-state index contributed by atoms with van der Waals surface area (Å²) in [5.74, 6) is 9.24. The first-order valence-electron chi connectivity index (χ1n) is 13.3. The lowest BCUT2D eigenvalue weighted by atomic mass is 9.78. The highest BCUT2D eigenvalue weighted by Gasteiger charge is 2.20.